The summed E-state index contributed by atoms with van der Waals surface area (Å²) in [5.74, 6) is 0.567. The average molecular weight is 454 g/mol. The monoisotopic (exact) mass is 454 g/mol. The van der Waals surface area contributed by atoms with Gasteiger partial charge in [-0.3, -0.25) is 4.79 Å². The summed E-state index contributed by atoms with van der Waals surface area (Å²) in [5, 5.41) is 8.48. The lowest BCUT2D eigenvalue weighted by Gasteiger charge is -2.24. The zero-order chi connectivity index (χ0) is 16.6. The number of halogens is 1. The molecule has 0 aromatic carbocycles. The number of nitrogens with zero attached hydrogens (tertiary/aromatic N) is 2. The number of methoxy groups -OCH3 is 1. The van der Waals surface area contributed by atoms with Crippen LogP contribution in [0.3, 0.4) is 0 Å². The van der Waals surface area contributed by atoms with Gasteiger partial charge in [0.05, 0.1) is 12.1 Å². The summed E-state index contributed by atoms with van der Waals surface area (Å²) >= 11 is 1.68. The number of carbonyl (C=O) groups is 1. The Morgan fingerprint density at radius 2 is 2.09 bits per heavy atom. The summed E-state index contributed by atoms with van der Waals surface area (Å²) in [6.07, 6.45) is 0. The number of carbonyl (C=O) groups excluding carboxylic acids is 1. The maximum absolute atomic E-state index is 11.7. The number of aliphatic imine (C=N–C) groups is 1. The van der Waals surface area contributed by atoms with Crippen LogP contribution in [0.1, 0.15) is 18.7 Å². The second-order valence-corrected chi connectivity index (χ2v) is 6.74. The van der Waals surface area contributed by atoms with E-state index >= 15 is 0 Å². The fourth-order valence-electron chi connectivity index (χ4n) is 1.42. The van der Waals surface area contributed by atoms with Crippen molar-refractivity contribution in [2.24, 2.45) is 4.99 Å². The normalized spacial score (nSPS) is 11.6. The van der Waals surface area contributed by atoms with Gasteiger partial charge in [-0.2, -0.15) is 0 Å². The molecule has 0 atom stereocenters. The van der Waals surface area contributed by atoms with Crippen molar-refractivity contribution in [2.45, 2.75) is 26.0 Å². The molecule has 1 rings (SSSR count). The number of hydrogen-bond donors (Lipinski definition) is 2. The lowest BCUT2D eigenvalue weighted by molar-refractivity contribution is -0.127. The van der Waals surface area contributed by atoms with Crippen LogP contribution >= 0.6 is 35.3 Å². The second kappa shape index (κ2) is 10.8. The Labute approximate surface area is 159 Å². The van der Waals surface area contributed by atoms with Gasteiger partial charge in [-0.25, -0.2) is 4.99 Å². The van der Waals surface area contributed by atoms with Gasteiger partial charge in [0, 0.05) is 32.6 Å². The van der Waals surface area contributed by atoms with Crippen LogP contribution in [0.4, 0.5) is 0 Å². The van der Waals surface area contributed by atoms with Gasteiger partial charge in [0.2, 0.25) is 5.91 Å². The minimum absolute atomic E-state index is 0. The molecule has 0 unspecified atom stereocenters. The minimum Gasteiger partial charge on any atom is -0.377 e. The molecule has 23 heavy (non-hydrogen) atoms. The van der Waals surface area contributed by atoms with Gasteiger partial charge in [0.1, 0.15) is 6.54 Å². The van der Waals surface area contributed by atoms with Crippen LogP contribution in [0.5, 0.6) is 0 Å². The maximum Gasteiger partial charge on any atom is 0.243 e. The molecule has 132 valence electrons. The molecular weight excluding hydrogens is 427 g/mol. The molecule has 0 radical (unpaired) electrons. The summed E-state index contributed by atoms with van der Waals surface area (Å²) in [7, 11) is 5.11. The van der Waals surface area contributed by atoms with Crippen molar-refractivity contribution in [1.29, 1.82) is 0 Å². The topological polar surface area (TPSA) is 66.0 Å². The van der Waals surface area contributed by atoms with E-state index in [0.717, 1.165) is 0 Å². The van der Waals surface area contributed by atoms with Crippen LogP contribution in [-0.4, -0.2) is 56.7 Å². The van der Waals surface area contributed by atoms with Crippen molar-refractivity contribution >= 4 is 47.2 Å². The number of ether oxygens (including phenoxy) is 1. The number of hydrogen-bond acceptors (Lipinski definition) is 4. The molecule has 0 saturated carbocycles. The first-order valence-electron chi connectivity index (χ1n) is 7.14. The first-order chi connectivity index (χ1) is 10.3. The van der Waals surface area contributed by atoms with E-state index in [1.165, 1.54) is 9.78 Å². The van der Waals surface area contributed by atoms with Crippen LogP contribution in [0.15, 0.2) is 22.5 Å². The highest BCUT2D eigenvalue weighted by Crippen LogP contribution is 2.07. The average Bonchev–Trinajstić information content (AvgIpc) is 2.99. The van der Waals surface area contributed by atoms with Gasteiger partial charge in [0.25, 0.3) is 0 Å². The van der Waals surface area contributed by atoms with E-state index in [2.05, 4.69) is 21.7 Å². The third kappa shape index (κ3) is 9.11. The lowest BCUT2D eigenvalue weighted by Crippen LogP contribution is -2.45. The highest BCUT2D eigenvalue weighted by atomic mass is 127. The molecule has 1 aromatic rings. The quantitative estimate of drug-likeness (QED) is 0.376. The van der Waals surface area contributed by atoms with Crippen LogP contribution in [-0.2, 0) is 16.1 Å². The third-order valence-electron chi connectivity index (χ3n) is 3.12. The number of likely N-dealkylation sites (N-methyl/N-ethyl adjacent to an activating group) is 1. The number of thiophene rings is 1. The Morgan fingerprint density at radius 1 is 1.39 bits per heavy atom. The Hall–Kier alpha value is -0.870. The fraction of sp³-hybridized carbons (Fsp3) is 0.600. The zero-order valence-electron chi connectivity index (χ0n) is 14.4. The molecule has 0 saturated heterocycles. The van der Waals surface area contributed by atoms with Gasteiger partial charge in [0.15, 0.2) is 5.96 Å². The van der Waals surface area contributed by atoms with Crippen LogP contribution in [0.25, 0.3) is 0 Å². The molecule has 0 fully saturated rings. The predicted octanol–water partition coefficient (Wildman–Crippen LogP) is 1.91. The van der Waals surface area contributed by atoms with E-state index in [0.29, 0.717) is 19.0 Å². The van der Waals surface area contributed by atoms with E-state index in [4.69, 9.17) is 4.74 Å². The molecule has 2 N–H and O–H groups in total. The van der Waals surface area contributed by atoms with Crippen molar-refractivity contribution in [3.63, 3.8) is 0 Å². The third-order valence-corrected chi connectivity index (χ3v) is 3.99. The highest BCUT2D eigenvalue weighted by molar-refractivity contribution is 14.0. The summed E-state index contributed by atoms with van der Waals surface area (Å²) in [6, 6.07) is 4.06. The van der Waals surface area contributed by atoms with E-state index in [1.54, 1.807) is 32.5 Å². The number of guanidine groups is 1. The highest BCUT2D eigenvalue weighted by Gasteiger charge is 2.16. The Balaban J connectivity index is 0.00000484. The van der Waals surface area contributed by atoms with E-state index in [9.17, 15) is 4.79 Å². The molecule has 8 heteroatoms. The smallest absolute Gasteiger partial charge is 0.243 e. The molecule has 0 aliphatic rings. The van der Waals surface area contributed by atoms with Crippen LogP contribution in [0, 0.1) is 0 Å². The molecular formula is C15H27IN4O2S. The predicted molar refractivity (Wildman–Crippen MR) is 107 cm³/mol. The van der Waals surface area contributed by atoms with E-state index in [-0.39, 0.29) is 42.0 Å². The van der Waals surface area contributed by atoms with Crippen molar-refractivity contribution in [1.82, 2.24) is 15.5 Å². The maximum atomic E-state index is 11.7. The Kier molecular flexibility index (Phi) is 10.4. The molecule has 0 spiro atoms. The second-order valence-electron chi connectivity index (χ2n) is 5.70. The minimum atomic E-state index is -0.309. The van der Waals surface area contributed by atoms with E-state index in [1.807, 2.05) is 25.3 Å². The van der Waals surface area contributed by atoms with Crippen molar-refractivity contribution in [2.75, 3.05) is 34.3 Å². The first-order valence-corrected chi connectivity index (χ1v) is 8.02. The molecule has 0 aliphatic heterocycles. The summed E-state index contributed by atoms with van der Waals surface area (Å²) < 4.78 is 5.38. The SMILES string of the molecule is COC(C)(C)CNC(=NCC(=O)N(C)C)NCc1cccs1.I. The Bertz CT molecular complexity index is 490. The largest absolute Gasteiger partial charge is 0.377 e. The van der Waals surface area contributed by atoms with Gasteiger partial charge in [-0.1, -0.05) is 6.07 Å². The van der Waals surface area contributed by atoms with Crippen LogP contribution in [0.2, 0.25) is 0 Å². The van der Waals surface area contributed by atoms with Gasteiger partial charge < -0.3 is 20.3 Å². The Morgan fingerprint density at radius 3 is 2.61 bits per heavy atom. The van der Waals surface area contributed by atoms with E-state index < -0.39 is 0 Å². The summed E-state index contributed by atoms with van der Waals surface area (Å²) in [4.78, 5) is 18.7. The van der Waals surface area contributed by atoms with Crippen molar-refractivity contribution in [3.8, 4) is 0 Å². The number of amides is 1. The van der Waals surface area contributed by atoms with Gasteiger partial charge >= 0.3 is 0 Å². The summed E-state index contributed by atoms with van der Waals surface area (Å²) in [5.41, 5.74) is -0.309. The molecule has 6 nitrogen and oxygen atoms in total. The molecule has 0 bridgehead atoms. The van der Waals surface area contributed by atoms with Crippen molar-refractivity contribution < 1.29 is 9.53 Å². The fourth-order valence-corrected chi connectivity index (χ4v) is 2.06. The molecule has 0 aliphatic carbocycles. The zero-order valence-corrected chi connectivity index (χ0v) is 17.5. The lowest BCUT2D eigenvalue weighted by atomic mass is 10.1. The van der Waals surface area contributed by atoms with Crippen molar-refractivity contribution in [3.05, 3.63) is 22.4 Å². The molecule has 1 amide bonds. The summed E-state index contributed by atoms with van der Waals surface area (Å²) in [6.45, 7) is 5.35. The molecule has 1 heterocycles. The standard InChI is InChI=1S/C15H26N4O2S.HI/c1-15(2,21-5)11-18-14(17-10-13(20)19(3)4)16-9-12-7-6-8-22-12;/h6-8H,9-11H2,1-5H3,(H2,16,17,18);1H. The number of nitrogens with one attached hydrogen (secondary N) is 2. The van der Waals surface area contributed by atoms with Crippen LogP contribution < -0.4 is 10.6 Å². The van der Waals surface area contributed by atoms with Gasteiger partial charge in [-0.05, 0) is 25.3 Å². The first kappa shape index (κ1) is 22.1. The molecule has 1 aromatic heterocycles. The number of rotatable bonds is 7. The van der Waals surface area contributed by atoms with Gasteiger partial charge in [-0.15, -0.1) is 35.3 Å².